The Morgan fingerprint density at radius 1 is 1.04 bits per heavy atom. The smallest absolute Gasteiger partial charge is 0.122 e. The highest BCUT2D eigenvalue weighted by Gasteiger charge is 2.29. The summed E-state index contributed by atoms with van der Waals surface area (Å²) in [5, 5.41) is 0.201. The van der Waals surface area contributed by atoms with Crippen molar-refractivity contribution in [3.8, 4) is 11.5 Å². The summed E-state index contributed by atoms with van der Waals surface area (Å²) in [4.78, 5) is 0.863. The second-order valence-electron chi connectivity index (χ2n) is 5.87. The van der Waals surface area contributed by atoms with E-state index in [-0.39, 0.29) is 10.1 Å². The molecule has 4 heteroatoms. The summed E-state index contributed by atoms with van der Waals surface area (Å²) in [6.45, 7) is 4.11. The molecule has 0 aliphatic heterocycles. The molecular weight excluding hydrogens is 328 g/mol. The maximum Gasteiger partial charge on any atom is 0.122 e. The molecule has 2 aromatic rings. The normalized spacial score (nSPS) is 12.7. The molecule has 0 heterocycles. The molecular formula is C19H23ClO2S. The Hall–Kier alpha value is -1.32. The number of methoxy groups -OCH3 is 2. The molecule has 2 nitrogen and oxygen atoms in total. The molecule has 0 fully saturated rings. The molecule has 0 aromatic heterocycles. The van der Waals surface area contributed by atoms with Crippen LogP contribution in [0.25, 0.3) is 0 Å². The van der Waals surface area contributed by atoms with E-state index in [1.54, 1.807) is 26.0 Å². The summed E-state index contributed by atoms with van der Waals surface area (Å²) in [7, 11) is 3.36. The lowest BCUT2D eigenvalue weighted by molar-refractivity contribution is 0.398. The Kier molecular flexibility index (Phi) is 6.25. The molecule has 23 heavy (non-hydrogen) atoms. The van der Waals surface area contributed by atoms with Crippen LogP contribution in [0, 0.1) is 0 Å². The molecule has 2 rings (SSSR count). The number of ether oxygens (including phenoxy) is 2. The Labute approximate surface area is 148 Å². The van der Waals surface area contributed by atoms with Gasteiger partial charge >= 0.3 is 0 Å². The predicted molar refractivity (Wildman–Crippen MR) is 99.3 cm³/mol. The molecule has 0 amide bonds. The average Bonchev–Trinajstić information content (AvgIpc) is 2.54. The summed E-state index contributed by atoms with van der Waals surface area (Å²) in [6, 6.07) is 16.2. The Bertz CT molecular complexity index is 623. The fourth-order valence-electron chi connectivity index (χ4n) is 2.33. The highest BCUT2D eigenvalue weighted by Crippen LogP contribution is 2.38. The molecule has 1 atom stereocenters. The summed E-state index contributed by atoms with van der Waals surface area (Å²) in [6.07, 6.45) is 0.802. The lowest BCUT2D eigenvalue weighted by Gasteiger charge is -2.29. The number of halogens is 1. The van der Waals surface area contributed by atoms with Crippen LogP contribution in [0.5, 0.6) is 11.5 Å². The second-order valence-corrected chi connectivity index (χ2v) is 8.12. The standard InChI is InChI=1S/C19H23ClO2S/c1-19(2,20)18(23-16-8-6-5-7-9-16)13-14-12-15(21-3)10-11-17(14)22-4/h5-12,18H,13H2,1-4H3. The molecule has 0 aliphatic carbocycles. The zero-order valence-corrected chi connectivity index (χ0v) is 15.6. The van der Waals surface area contributed by atoms with Crippen molar-refractivity contribution in [3.05, 3.63) is 54.1 Å². The van der Waals surface area contributed by atoms with E-state index in [2.05, 4.69) is 26.0 Å². The van der Waals surface area contributed by atoms with Gasteiger partial charge in [0.15, 0.2) is 0 Å². The van der Waals surface area contributed by atoms with Gasteiger partial charge < -0.3 is 9.47 Å². The van der Waals surface area contributed by atoms with Crippen LogP contribution in [0.1, 0.15) is 19.4 Å². The number of rotatable bonds is 7. The molecule has 0 aliphatic rings. The lowest BCUT2D eigenvalue weighted by Crippen LogP contribution is -2.29. The molecule has 0 N–H and O–H groups in total. The first-order valence-electron chi connectivity index (χ1n) is 7.55. The number of benzene rings is 2. The zero-order valence-electron chi connectivity index (χ0n) is 14.0. The molecule has 0 saturated heterocycles. The highest BCUT2D eigenvalue weighted by atomic mass is 35.5. The predicted octanol–water partition coefficient (Wildman–Crippen LogP) is 5.42. The van der Waals surface area contributed by atoms with E-state index in [9.17, 15) is 0 Å². The van der Waals surface area contributed by atoms with Crippen molar-refractivity contribution in [2.75, 3.05) is 14.2 Å². The first-order valence-corrected chi connectivity index (χ1v) is 8.81. The van der Waals surface area contributed by atoms with E-state index < -0.39 is 0 Å². The molecule has 0 radical (unpaired) electrons. The van der Waals surface area contributed by atoms with Crippen molar-refractivity contribution in [2.45, 2.75) is 35.3 Å². The van der Waals surface area contributed by atoms with Crippen LogP contribution >= 0.6 is 23.4 Å². The van der Waals surface area contributed by atoms with Crippen molar-refractivity contribution >= 4 is 23.4 Å². The van der Waals surface area contributed by atoms with Crippen LogP contribution < -0.4 is 9.47 Å². The van der Waals surface area contributed by atoms with Crippen molar-refractivity contribution < 1.29 is 9.47 Å². The van der Waals surface area contributed by atoms with Crippen LogP contribution in [-0.2, 0) is 6.42 Å². The molecule has 0 saturated carbocycles. The largest absolute Gasteiger partial charge is 0.497 e. The zero-order chi connectivity index (χ0) is 16.9. The second kappa shape index (κ2) is 7.98. The Morgan fingerprint density at radius 2 is 1.74 bits per heavy atom. The van der Waals surface area contributed by atoms with Gasteiger partial charge in [0, 0.05) is 10.1 Å². The van der Waals surface area contributed by atoms with Gasteiger partial charge in [0.25, 0.3) is 0 Å². The summed E-state index contributed by atoms with van der Waals surface area (Å²) in [5.74, 6) is 1.70. The third-order valence-corrected chi connectivity index (χ3v) is 5.66. The van der Waals surface area contributed by atoms with Gasteiger partial charge in [-0.25, -0.2) is 0 Å². The fourth-order valence-corrected chi connectivity index (χ4v) is 3.73. The van der Waals surface area contributed by atoms with Gasteiger partial charge in [-0.1, -0.05) is 18.2 Å². The quantitative estimate of drug-likeness (QED) is 0.490. The summed E-state index contributed by atoms with van der Waals surface area (Å²) >= 11 is 8.47. The van der Waals surface area contributed by atoms with E-state index in [0.717, 1.165) is 23.5 Å². The van der Waals surface area contributed by atoms with Crippen molar-refractivity contribution in [1.29, 1.82) is 0 Å². The average molecular weight is 351 g/mol. The number of hydrogen-bond acceptors (Lipinski definition) is 3. The first kappa shape index (κ1) is 18.0. The van der Waals surface area contributed by atoms with Crippen molar-refractivity contribution in [3.63, 3.8) is 0 Å². The van der Waals surface area contributed by atoms with Gasteiger partial charge in [0.1, 0.15) is 11.5 Å². The van der Waals surface area contributed by atoms with E-state index in [1.807, 2.05) is 36.4 Å². The SMILES string of the molecule is COc1ccc(OC)c(CC(Sc2ccccc2)C(C)(C)Cl)c1. The third kappa shape index (κ3) is 5.08. The van der Waals surface area contributed by atoms with Gasteiger partial charge in [0.2, 0.25) is 0 Å². The van der Waals surface area contributed by atoms with E-state index in [4.69, 9.17) is 21.1 Å². The first-order chi connectivity index (χ1) is 10.9. The van der Waals surface area contributed by atoms with Gasteiger partial charge in [-0.2, -0.15) is 0 Å². The summed E-state index contributed by atoms with van der Waals surface area (Å²) < 4.78 is 10.8. The molecule has 124 valence electrons. The van der Waals surface area contributed by atoms with Crippen LogP contribution in [0.3, 0.4) is 0 Å². The number of alkyl halides is 1. The van der Waals surface area contributed by atoms with Crippen molar-refractivity contribution in [2.24, 2.45) is 0 Å². The maximum atomic E-state index is 6.68. The lowest BCUT2D eigenvalue weighted by atomic mass is 10.0. The van der Waals surface area contributed by atoms with E-state index >= 15 is 0 Å². The topological polar surface area (TPSA) is 18.5 Å². The van der Waals surface area contributed by atoms with Crippen LogP contribution in [0.4, 0.5) is 0 Å². The molecule has 1 unspecified atom stereocenters. The Balaban J connectivity index is 2.28. The molecule has 0 spiro atoms. The highest BCUT2D eigenvalue weighted by molar-refractivity contribution is 8.00. The van der Waals surface area contributed by atoms with E-state index in [0.29, 0.717) is 0 Å². The maximum absolute atomic E-state index is 6.68. The summed E-state index contributed by atoms with van der Waals surface area (Å²) in [5.41, 5.74) is 1.11. The van der Waals surface area contributed by atoms with Gasteiger partial charge in [-0.3, -0.25) is 0 Å². The molecule has 2 aromatic carbocycles. The van der Waals surface area contributed by atoms with E-state index in [1.165, 1.54) is 4.90 Å². The van der Waals surface area contributed by atoms with Crippen molar-refractivity contribution in [1.82, 2.24) is 0 Å². The minimum Gasteiger partial charge on any atom is -0.497 e. The third-order valence-electron chi connectivity index (χ3n) is 3.68. The van der Waals surface area contributed by atoms with Crippen LogP contribution in [0.2, 0.25) is 0 Å². The minimum atomic E-state index is -0.353. The van der Waals surface area contributed by atoms with Crippen LogP contribution in [-0.4, -0.2) is 24.3 Å². The fraction of sp³-hybridized carbons (Fsp3) is 0.368. The molecule has 0 bridgehead atoms. The number of thioether (sulfide) groups is 1. The van der Waals surface area contributed by atoms with Gasteiger partial charge in [-0.05, 0) is 56.2 Å². The monoisotopic (exact) mass is 350 g/mol. The van der Waals surface area contributed by atoms with Crippen LogP contribution in [0.15, 0.2) is 53.4 Å². The van der Waals surface area contributed by atoms with Gasteiger partial charge in [-0.15, -0.1) is 23.4 Å². The van der Waals surface area contributed by atoms with Gasteiger partial charge in [0.05, 0.1) is 19.1 Å². The Morgan fingerprint density at radius 3 is 2.30 bits per heavy atom. The minimum absolute atomic E-state index is 0.201. The number of hydrogen-bond donors (Lipinski definition) is 0.